The largest absolute Gasteiger partial charge is 0.493 e. The first-order chi connectivity index (χ1) is 9.94. The quantitative estimate of drug-likeness (QED) is 0.786. The van der Waals surface area contributed by atoms with Gasteiger partial charge < -0.3 is 19.5 Å². The van der Waals surface area contributed by atoms with Crippen molar-refractivity contribution >= 4 is 17.5 Å². The van der Waals surface area contributed by atoms with Crippen molar-refractivity contribution in [3.63, 3.8) is 0 Å². The first-order valence-electron chi connectivity index (χ1n) is 6.66. The van der Waals surface area contributed by atoms with Gasteiger partial charge >= 0.3 is 0 Å². The van der Waals surface area contributed by atoms with E-state index in [4.69, 9.17) is 25.8 Å². The summed E-state index contributed by atoms with van der Waals surface area (Å²) >= 11 is 6.13. The predicted molar refractivity (Wildman–Crippen MR) is 82.9 cm³/mol. The second-order valence-electron chi connectivity index (χ2n) is 4.88. The number of alkyl halides is 1. The molecule has 1 atom stereocenters. The lowest BCUT2D eigenvalue weighted by Crippen LogP contribution is -2.32. The Labute approximate surface area is 130 Å². The summed E-state index contributed by atoms with van der Waals surface area (Å²) in [6, 6.07) is 3.21. The van der Waals surface area contributed by atoms with Crippen LogP contribution in [0.4, 0.5) is 0 Å². The fourth-order valence-corrected chi connectivity index (χ4v) is 1.82. The minimum Gasteiger partial charge on any atom is -0.493 e. The van der Waals surface area contributed by atoms with Crippen LogP contribution in [0, 0.1) is 5.92 Å². The summed E-state index contributed by atoms with van der Waals surface area (Å²) in [4.78, 5) is 12.2. The van der Waals surface area contributed by atoms with Crippen molar-refractivity contribution in [2.75, 3.05) is 27.9 Å². The maximum atomic E-state index is 12.2. The number of nitrogens with one attached hydrogen (secondary N) is 1. The molecule has 0 aliphatic heterocycles. The Morgan fingerprint density at radius 3 is 2.05 bits per heavy atom. The molecule has 1 N–H and O–H groups in total. The number of halogens is 1. The lowest BCUT2D eigenvalue weighted by atomic mass is 10.1. The Hall–Kier alpha value is -1.62. The molecular formula is C15H22ClNO4. The number of hydrogen-bond donors (Lipinski definition) is 1. The van der Waals surface area contributed by atoms with Crippen LogP contribution in [0.25, 0.3) is 0 Å². The number of rotatable bonds is 7. The third-order valence-electron chi connectivity index (χ3n) is 3.11. The smallest absolute Gasteiger partial charge is 0.251 e. The average Bonchev–Trinajstić information content (AvgIpc) is 2.50. The SMILES string of the molecule is COc1cc(C(=O)NCC(Cl)C(C)C)cc(OC)c1OC. The molecule has 1 aromatic rings. The van der Waals surface area contributed by atoms with Gasteiger partial charge in [0.25, 0.3) is 5.91 Å². The van der Waals surface area contributed by atoms with Crippen LogP contribution in [0.2, 0.25) is 0 Å². The van der Waals surface area contributed by atoms with Gasteiger partial charge in [-0.3, -0.25) is 4.79 Å². The van der Waals surface area contributed by atoms with E-state index in [1.54, 1.807) is 12.1 Å². The molecule has 0 saturated carbocycles. The summed E-state index contributed by atoms with van der Waals surface area (Å²) in [5.41, 5.74) is 0.428. The molecule has 0 aliphatic rings. The number of amides is 1. The molecule has 0 aliphatic carbocycles. The topological polar surface area (TPSA) is 56.8 Å². The first kappa shape index (κ1) is 17.4. The Balaban J connectivity index is 2.94. The monoisotopic (exact) mass is 315 g/mol. The Kier molecular flexibility index (Phi) is 6.62. The van der Waals surface area contributed by atoms with Gasteiger partial charge in [-0.1, -0.05) is 13.8 Å². The third-order valence-corrected chi connectivity index (χ3v) is 3.77. The molecule has 21 heavy (non-hydrogen) atoms. The van der Waals surface area contributed by atoms with E-state index in [0.717, 1.165) is 0 Å². The summed E-state index contributed by atoms with van der Waals surface area (Å²) in [5.74, 6) is 1.38. The fraction of sp³-hybridized carbons (Fsp3) is 0.533. The lowest BCUT2D eigenvalue weighted by molar-refractivity contribution is 0.0951. The highest BCUT2D eigenvalue weighted by Crippen LogP contribution is 2.38. The van der Waals surface area contributed by atoms with Crippen LogP contribution in [0.3, 0.4) is 0 Å². The minimum absolute atomic E-state index is 0.115. The molecule has 0 fully saturated rings. The van der Waals surface area contributed by atoms with Gasteiger partial charge in [0.1, 0.15) is 0 Å². The standard InChI is InChI=1S/C15H22ClNO4/c1-9(2)11(16)8-17-15(18)10-6-12(19-3)14(21-5)13(7-10)20-4/h6-7,9,11H,8H2,1-5H3,(H,17,18). The van der Waals surface area contributed by atoms with Crippen molar-refractivity contribution in [2.45, 2.75) is 19.2 Å². The van der Waals surface area contributed by atoms with E-state index >= 15 is 0 Å². The van der Waals surface area contributed by atoms with Gasteiger partial charge in [0.05, 0.1) is 26.7 Å². The minimum atomic E-state index is -0.236. The first-order valence-corrected chi connectivity index (χ1v) is 7.10. The maximum absolute atomic E-state index is 12.2. The van der Waals surface area contributed by atoms with Crippen LogP contribution >= 0.6 is 11.6 Å². The second kappa shape index (κ2) is 7.98. The van der Waals surface area contributed by atoms with Crippen molar-refractivity contribution in [3.05, 3.63) is 17.7 Å². The van der Waals surface area contributed by atoms with E-state index in [2.05, 4.69) is 5.32 Å². The van der Waals surface area contributed by atoms with E-state index in [9.17, 15) is 4.79 Å². The lowest BCUT2D eigenvalue weighted by Gasteiger charge is -2.16. The van der Waals surface area contributed by atoms with Gasteiger partial charge in [-0.2, -0.15) is 0 Å². The summed E-state index contributed by atoms with van der Waals surface area (Å²) in [6.07, 6.45) is 0. The van der Waals surface area contributed by atoms with E-state index in [1.165, 1.54) is 21.3 Å². The van der Waals surface area contributed by atoms with Gasteiger partial charge in [-0.15, -0.1) is 11.6 Å². The Morgan fingerprint density at radius 1 is 1.14 bits per heavy atom. The zero-order valence-corrected chi connectivity index (χ0v) is 13.8. The molecule has 0 spiro atoms. The number of benzene rings is 1. The van der Waals surface area contributed by atoms with Gasteiger partial charge in [0, 0.05) is 12.1 Å². The van der Waals surface area contributed by atoms with Gasteiger partial charge in [-0.05, 0) is 18.1 Å². The van der Waals surface area contributed by atoms with Crippen molar-refractivity contribution in [1.82, 2.24) is 5.32 Å². The molecule has 1 unspecified atom stereocenters. The molecule has 0 radical (unpaired) electrons. The molecule has 6 heteroatoms. The highest BCUT2D eigenvalue weighted by molar-refractivity contribution is 6.21. The van der Waals surface area contributed by atoms with Crippen LogP contribution in [-0.4, -0.2) is 39.2 Å². The number of ether oxygens (including phenoxy) is 3. The zero-order valence-electron chi connectivity index (χ0n) is 13.0. The average molecular weight is 316 g/mol. The van der Waals surface area contributed by atoms with Crippen LogP contribution < -0.4 is 19.5 Å². The van der Waals surface area contributed by atoms with Crippen molar-refractivity contribution in [3.8, 4) is 17.2 Å². The Bertz CT molecular complexity index is 466. The molecule has 1 amide bonds. The summed E-state index contributed by atoms with van der Waals surface area (Å²) < 4.78 is 15.7. The van der Waals surface area contributed by atoms with Crippen molar-refractivity contribution in [1.29, 1.82) is 0 Å². The zero-order chi connectivity index (χ0) is 16.0. The molecule has 0 saturated heterocycles. The normalized spacial score (nSPS) is 12.0. The summed E-state index contributed by atoms with van der Waals surface area (Å²) in [6.45, 7) is 4.40. The summed E-state index contributed by atoms with van der Waals surface area (Å²) in [5, 5.41) is 2.68. The Morgan fingerprint density at radius 2 is 1.67 bits per heavy atom. The molecule has 1 rings (SSSR count). The van der Waals surface area contributed by atoms with E-state index in [0.29, 0.717) is 29.4 Å². The molecule has 0 aromatic heterocycles. The fourth-order valence-electron chi connectivity index (χ4n) is 1.74. The van der Waals surface area contributed by atoms with Gasteiger partial charge in [-0.25, -0.2) is 0 Å². The molecule has 0 bridgehead atoms. The predicted octanol–water partition coefficient (Wildman–Crippen LogP) is 2.71. The number of carbonyl (C=O) groups is 1. The van der Waals surface area contributed by atoms with Crippen LogP contribution in [0.15, 0.2) is 12.1 Å². The molecule has 118 valence electrons. The van der Waals surface area contributed by atoms with E-state index in [-0.39, 0.29) is 17.2 Å². The second-order valence-corrected chi connectivity index (χ2v) is 5.44. The van der Waals surface area contributed by atoms with Gasteiger partial charge in [0.2, 0.25) is 5.75 Å². The van der Waals surface area contributed by atoms with E-state index < -0.39 is 0 Å². The van der Waals surface area contributed by atoms with E-state index in [1.807, 2.05) is 13.8 Å². The maximum Gasteiger partial charge on any atom is 0.251 e. The molecular weight excluding hydrogens is 294 g/mol. The van der Waals surface area contributed by atoms with Crippen LogP contribution in [0.5, 0.6) is 17.2 Å². The van der Waals surface area contributed by atoms with Crippen molar-refractivity contribution < 1.29 is 19.0 Å². The number of methoxy groups -OCH3 is 3. The number of carbonyl (C=O) groups excluding carboxylic acids is 1. The van der Waals surface area contributed by atoms with Crippen molar-refractivity contribution in [2.24, 2.45) is 5.92 Å². The van der Waals surface area contributed by atoms with Crippen LogP contribution in [0.1, 0.15) is 24.2 Å². The molecule has 5 nitrogen and oxygen atoms in total. The molecule has 1 aromatic carbocycles. The van der Waals surface area contributed by atoms with Gasteiger partial charge in [0.15, 0.2) is 11.5 Å². The summed E-state index contributed by atoms with van der Waals surface area (Å²) in [7, 11) is 4.53. The molecule has 0 heterocycles. The third kappa shape index (κ3) is 4.43. The highest BCUT2D eigenvalue weighted by atomic mass is 35.5. The number of hydrogen-bond acceptors (Lipinski definition) is 4. The highest BCUT2D eigenvalue weighted by Gasteiger charge is 2.18. The van der Waals surface area contributed by atoms with Crippen LogP contribution in [-0.2, 0) is 0 Å².